The van der Waals surface area contributed by atoms with Crippen molar-refractivity contribution in [1.82, 2.24) is 0 Å². The Hall–Kier alpha value is -4.21. The van der Waals surface area contributed by atoms with Gasteiger partial charge in [-0.15, -0.1) is 0 Å². The molecule has 35 heteroatoms. The second kappa shape index (κ2) is 32.7. The van der Waals surface area contributed by atoms with E-state index >= 15 is 4.79 Å². The van der Waals surface area contributed by atoms with Gasteiger partial charge in [0.15, 0.2) is 43.7 Å². The summed E-state index contributed by atoms with van der Waals surface area (Å²) in [5.41, 5.74) is -5.03. The van der Waals surface area contributed by atoms with E-state index in [1.54, 1.807) is 24.3 Å². The zero-order chi connectivity index (χ0) is 80.1. The van der Waals surface area contributed by atoms with Crippen LogP contribution in [0.2, 0.25) is 0 Å². The van der Waals surface area contributed by atoms with Gasteiger partial charge in [-0.05, 0) is 143 Å². The second-order valence-electron chi connectivity index (χ2n) is 33.7. The summed E-state index contributed by atoms with van der Waals surface area (Å²) in [7, 11) is 1.50. The topological polar surface area (TPSA) is 545 Å². The average molecular weight is 1570 g/mol. The van der Waals surface area contributed by atoms with Crippen molar-refractivity contribution in [3.63, 3.8) is 0 Å². The molecule has 12 rings (SSSR count). The van der Waals surface area contributed by atoms with Crippen LogP contribution in [0.15, 0.2) is 42.0 Å². The van der Waals surface area contributed by atoms with E-state index in [1.807, 2.05) is 6.92 Å². The summed E-state index contributed by atoms with van der Waals surface area (Å²) in [6.07, 6.45) is -46.2. The first-order chi connectivity index (χ1) is 51.8. The van der Waals surface area contributed by atoms with Crippen molar-refractivity contribution in [2.45, 2.75) is 304 Å². The molecule has 622 valence electrons. The molecule has 0 bridgehead atoms. The lowest BCUT2D eigenvalue weighted by atomic mass is 9.33. The Balaban J connectivity index is 0.772. The van der Waals surface area contributed by atoms with E-state index in [0.29, 0.717) is 37.0 Å². The van der Waals surface area contributed by atoms with Crippen molar-refractivity contribution in [1.29, 1.82) is 0 Å². The van der Waals surface area contributed by atoms with E-state index in [2.05, 4.69) is 26.8 Å². The number of aliphatic hydroxyl groups excluding tert-OH is 17. The minimum absolute atomic E-state index is 0.00519. The van der Waals surface area contributed by atoms with E-state index in [9.17, 15) is 102 Å². The van der Waals surface area contributed by atoms with Gasteiger partial charge in [-0.1, -0.05) is 51.5 Å². The Morgan fingerprint density at radius 2 is 1.09 bits per heavy atom. The molecule has 0 radical (unpaired) electrons. The molecule has 110 heavy (non-hydrogen) atoms. The summed E-state index contributed by atoms with van der Waals surface area (Å²) < 4.78 is 83.1. The number of hydrogen-bond acceptors (Lipinski definition) is 34. The van der Waals surface area contributed by atoms with Gasteiger partial charge in [-0.25, -0.2) is 4.79 Å². The maximum Gasteiger partial charge on any atom is 0.331 e. The molecule has 39 atom stereocenters. The highest BCUT2D eigenvalue weighted by atomic mass is 16.8. The van der Waals surface area contributed by atoms with Gasteiger partial charge in [-0.3, -0.25) is 9.59 Å². The van der Waals surface area contributed by atoms with Crippen LogP contribution in [0, 0.1) is 50.2 Å². The summed E-state index contributed by atoms with van der Waals surface area (Å²) in [5.74, 6) is -4.18. The molecule has 6 heterocycles. The van der Waals surface area contributed by atoms with E-state index < -0.39 is 278 Å². The number of aliphatic carboxylic acids is 1. The monoisotopic (exact) mass is 1570 g/mol. The number of esters is 2. The number of benzene rings is 1. The van der Waals surface area contributed by atoms with Crippen LogP contribution in [0.1, 0.15) is 119 Å². The molecule has 6 aliphatic heterocycles. The fourth-order valence-corrected chi connectivity index (χ4v) is 20.4. The highest BCUT2D eigenvalue weighted by Gasteiger charge is 2.74. The molecule has 6 saturated heterocycles. The smallest absolute Gasteiger partial charge is 0.331 e. The number of fused-ring (bicyclic) bond motifs is 7. The van der Waals surface area contributed by atoms with Crippen LogP contribution < -0.4 is 4.74 Å². The number of carbonyl (C=O) groups is 3. The largest absolute Gasteiger partial charge is 0.497 e. The number of rotatable bonds is 20. The van der Waals surface area contributed by atoms with Crippen molar-refractivity contribution in [3.05, 3.63) is 47.6 Å². The Morgan fingerprint density at radius 3 is 1.73 bits per heavy atom. The van der Waals surface area contributed by atoms with Crippen LogP contribution in [-0.2, 0) is 76.0 Å². The first kappa shape index (κ1) is 85.2. The maximum atomic E-state index is 16.0. The Kier molecular flexibility index (Phi) is 25.3. The Morgan fingerprint density at radius 1 is 0.527 bits per heavy atom. The van der Waals surface area contributed by atoms with Crippen molar-refractivity contribution < 1.29 is 173 Å². The molecule has 1 aromatic carbocycles. The van der Waals surface area contributed by atoms with Crippen molar-refractivity contribution >= 4 is 24.0 Å². The summed E-state index contributed by atoms with van der Waals surface area (Å²) in [5, 5.41) is 202. The molecule has 0 spiro atoms. The normalized spacial score (nSPS) is 50.2. The number of methoxy groups -OCH3 is 1. The van der Waals surface area contributed by atoms with Gasteiger partial charge in [0.25, 0.3) is 0 Å². The van der Waals surface area contributed by atoms with Crippen LogP contribution in [0.25, 0.3) is 6.08 Å². The first-order valence-corrected chi connectivity index (χ1v) is 38.0. The molecule has 11 aliphatic rings. The van der Waals surface area contributed by atoms with Gasteiger partial charge >= 0.3 is 17.9 Å². The molecule has 35 nitrogen and oxygen atoms in total. The number of aliphatic hydroxyl groups is 17. The van der Waals surface area contributed by atoms with Gasteiger partial charge < -0.3 is 158 Å². The number of carboxylic acids is 1. The third-order valence-electron chi connectivity index (χ3n) is 26.9. The number of hydrogen-bond donors (Lipinski definition) is 18. The van der Waals surface area contributed by atoms with Crippen LogP contribution in [0.4, 0.5) is 0 Å². The molecule has 0 unspecified atom stereocenters. The standard InChI is InChI=1S/C75H112O35/c1-30-44(81)48(85)52(89)63(99-30)107-59-47(84)39(27-77)103-66(56(59)93)104-40-28-98-62(51(88)46(40)83)106-57-31(2)100-64(54(91)50(57)87)108-60-55(92)58(105-43(80)17-12-33-10-13-34(97-9)14-11-33)32(3)101-67(60)110-69(96)74-21-20-70(4,5)24-36(74)35-15-16-41-71(6)25-37(79)61(109-65-53(90)49(86)45(82)38(26-76)102-65)73(8,68(94)95)42(71)18-19-72(41,7)75(35,29-78)23-22-74/h10-15,17,30-32,36-42,44-67,76-79,81-93H,16,18-29H2,1-9H3,(H,94,95)/t30-,31-,32+,36+,37-,38-,39+,40+,41+,42+,44-,45+,46-,47+,48-,49-,50+,51+,52-,53+,54+,55+,56-,57+,58-,59+,60-,61-,62-,63+,64+,65+,66+,67-,71-,72+,73+,74+,75-/m1/s1. The summed E-state index contributed by atoms with van der Waals surface area (Å²) in [6, 6.07) is 6.71. The average Bonchev–Trinajstić information content (AvgIpc) is 0.668. The van der Waals surface area contributed by atoms with Gasteiger partial charge in [0, 0.05) is 11.5 Å². The molecule has 0 amide bonds. The molecule has 4 saturated carbocycles. The highest BCUT2D eigenvalue weighted by Crippen LogP contribution is 2.76. The third kappa shape index (κ3) is 15.0. The van der Waals surface area contributed by atoms with Crippen molar-refractivity contribution in [2.75, 3.05) is 33.5 Å². The highest BCUT2D eigenvalue weighted by molar-refractivity contribution is 5.87. The van der Waals surface area contributed by atoms with Gasteiger partial charge in [0.2, 0.25) is 6.29 Å². The number of carboxylic acid groups (broad SMARTS) is 1. The van der Waals surface area contributed by atoms with Crippen LogP contribution in [0.3, 0.4) is 0 Å². The van der Waals surface area contributed by atoms with Crippen LogP contribution in [-0.4, -0.2) is 334 Å². The second-order valence-corrected chi connectivity index (χ2v) is 33.7. The molecular weight excluding hydrogens is 1460 g/mol. The summed E-state index contributed by atoms with van der Waals surface area (Å²) in [6.45, 7) is 11.2. The molecule has 5 aliphatic carbocycles. The van der Waals surface area contributed by atoms with Crippen LogP contribution >= 0.6 is 0 Å². The lowest BCUT2D eigenvalue weighted by Gasteiger charge is -2.71. The predicted octanol–water partition coefficient (Wildman–Crippen LogP) is -3.38. The van der Waals surface area contributed by atoms with Gasteiger partial charge in [0.05, 0.1) is 68.8 Å². The van der Waals surface area contributed by atoms with E-state index in [0.717, 1.165) is 11.6 Å². The number of carbonyl (C=O) groups excluding carboxylic acids is 2. The fraction of sp³-hybridized carbons (Fsp3) is 0.827. The van der Waals surface area contributed by atoms with Gasteiger partial charge in [0.1, 0.15) is 122 Å². The molecule has 1 aromatic rings. The van der Waals surface area contributed by atoms with Crippen molar-refractivity contribution in [2.24, 2.45) is 50.2 Å². The molecule has 18 N–H and O–H groups in total. The van der Waals surface area contributed by atoms with Crippen LogP contribution in [0.5, 0.6) is 5.75 Å². The zero-order valence-electron chi connectivity index (χ0n) is 62.9. The van der Waals surface area contributed by atoms with E-state index in [4.69, 9.17) is 66.3 Å². The van der Waals surface area contributed by atoms with E-state index in [1.165, 1.54) is 40.9 Å². The third-order valence-corrected chi connectivity index (χ3v) is 26.9. The minimum atomic E-state index is -2.11. The fourth-order valence-electron chi connectivity index (χ4n) is 20.4. The predicted molar refractivity (Wildman–Crippen MR) is 368 cm³/mol. The maximum absolute atomic E-state index is 16.0. The number of ether oxygens (including phenoxy) is 14. The lowest BCUT2D eigenvalue weighted by molar-refractivity contribution is -0.383. The first-order valence-electron chi connectivity index (χ1n) is 38.0. The minimum Gasteiger partial charge on any atom is -0.497 e. The van der Waals surface area contributed by atoms with E-state index in [-0.39, 0.29) is 38.7 Å². The lowest BCUT2D eigenvalue weighted by Crippen LogP contribution is -2.71. The Labute approximate surface area is 635 Å². The summed E-state index contributed by atoms with van der Waals surface area (Å²) in [4.78, 5) is 43.7. The number of allylic oxidation sites excluding steroid dienone is 1. The zero-order valence-corrected chi connectivity index (χ0v) is 62.9. The molecule has 0 aromatic heterocycles. The molecule has 10 fully saturated rings. The molecular formula is C75H112O35. The van der Waals surface area contributed by atoms with Crippen molar-refractivity contribution in [3.8, 4) is 5.75 Å². The SMILES string of the molecule is COc1ccc(C=CC(=O)O[C@H]2[C@H](O)[C@@H](O[C@@H]3O[C@H](C)[C@H](O[C@H]4OC[C@H](O[C@@H]5O[C@@H](CO)[C@H](O)[C@H](O[C@@H]6O[C@H](C)[C@@H](O)[C@@H](O)[C@H]6O)[C@H]5O)[C@@H](O)[C@@H]4O)[C@@H](O)[C@@H]3O)[C@@H](OC(=O)[C@]34CCC(C)(C)C[C@H]3C3=CC[C@H]5[C@@]6(C)C[C@@H](O)[C@@H](O[C@@H]7O[C@H](CO)[C@H](O)[C@@H](O)[C@@H]7O)[C@@](C)(C(=O)O)[C@H]6CC[C@]5(C)[C@@]3(CO)CC4)O[C@H]2C)cc1. The quantitative estimate of drug-likeness (QED) is 0.0262. The summed E-state index contributed by atoms with van der Waals surface area (Å²) >= 11 is 0. The van der Waals surface area contributed by atoms with Gasteiger partial charge in [-0.2, -0.15) is 0 Å². The Bertz CT molecular complexity index is 3420.